The molecule has 3 aromatic rings. The Morgan fingerprint density at radius 3 is 2.86 bits per heavy atom. The zero-order valence-corrected chi connectivity index (χ0v) is 11.8. The van der Waals surface area contributed by atoms with E-state index in [2.05, 4.69) is 20.1 Å². The number of imidazole rings is 1. The van der Waals surface area contributed by atoms with Crippen LogP contribution in [0.1, 0.15) is 29.7 Å². The fourth-order valence-electron chi connectivity index (χ4n) is 1.92. The molecule has 0 fully saturated rings. The third kappa shape index (κ3) is 2.71. The Kier molecular flexibility index (Phi) is 3.65. The minimum atomic E-state index is -1.08. The van der Waals surface area contributed by atoms with E-state index >= 15 is 0 Å². The second-order valence-electron chi connectivity index (χ2n) is 4.64. The Bertz CT molecular complexity index is 791. The van der Waals surface area contributed by atoms with Crippen molar-refractivity contribution in [1.29, 1.82) is 0 Å². The number of hydrogen-bond acceptors (Lipinski definition) is 6. The molecule has 0 unspecified atom stereocenters. The average Bonchev–Trinajstić information content (AvgIpc) is 3.17. The van der Waals surface area contributed by atoms with Crippen LogP contribution in [0.3, 0.4) is 0 Å². The van der Waals surface area contributed by atoms with E-state index in [0.717, 1.165) is 12.8 Å². The quantitative estimate of drug-likeness (QED) is 0.767. The minimum absolute atomic E-state index is 0.0352. The van der Waals surface area contributed by atoms with E-state index in [9.17, 15) is 4.79 Å². The van der Waals surface area contributed by atoms with Gasteiger partial charge in [-0.2, -0.15) is 4.98 Å². The molecular formula is C14H13N5O3. The van der Waals surface area contributed by atoms with Crippen LogP contribution < -0.4 is 0 Å². The van der Waals surface area contributed by atoms with E-state index in [0.29, 0.717) is 23.1 Å². The molecule has 0 aliphatic carbocycles. The number of carboxylic acids is 1. The monoisotopic (exact) mass is 299 g/mol. The lowest BCUT2D eigenvalue weighted by molar-refractivity contribution is 0.0691. The highest BCUT2D eigenvalue weighted by Gasteiger charge is 2.11. The van der Waals surface area contributed by atoms with Crippen molar-refractivity contribution in [1.82, 2.24) is 24.7 Å². The SMILES string of the molecule is CCCc1noc(-c2ccc(-n3cnc(C(=O)O)c3)nc2)n1. The Labute approximate surface area is 125 Å². The summed E-state index contributed by atoms with van der Waals surface area (Å²) in [6, 6.07) is 3.51. The van der Waals surface area contributed by atoms with Gasteiger partial charge in [0, 0.05) is 18.8 Å². The van der Waals surface area contributed by atoms with Crippen molar-refractivity contribution in [3.05, 3.63) is 42.4 Å². The Balaban J connectivity index is 1.83. The summed E-state index contributed by atoms with van der Waals surface area (Å²) < 4.78 is 6.72. The van der Waals surface area contributed by atoms with Crippen molar-refractivity contribution in [3.63, 3.8) is 0 Å². The summed E-state index contributed by atoms with van der Waals surface area (Å²) in [6.07, 6.45) is 6.11. The van der Waals surface area contributed by atoms with Crippen molar-refractivity contribution in [2.75, 3.05) is 0 Å². The zero-order valence-electron chi connectivity index (χ0n) is 11.8. The van der Waals surface area contributed by atoms with Gasteiger partial charge in [0.1, 0.15) is 12.1 Å². The van der Waals surface area contributed by atoms with Gasteiger partial charge in [-0.05, 0) is 18.6 Å². The van der Waals surface area contributed by atoms with Crippen LogP contribution in [-0.2, 0) is 6.42 Å². The number of carbonyl (C=O) groups is 1. The van der Waals surface area contributed by atoms with E-state index in [1.807, 2.05) is 6.92 Å². The van der Waals surface area contributed by atoms with Crippen molar-refractivity contribution < 1.29 is 14.4 Å². The van der Waals surface area contributed by atoms with Crippen LogP contribution in [0.15, 0.2) is 35.4 Å². The molecule has 0 spiro atoms. The average molecular weight is 299 g/mol. The van der Waals surface area contributed by atoms with Crippen LogP contribution in [0, 0.1) is 0 Å². The number of rotatable bonds is 5. The third-order valence-electron chi connectivity index (χ3n) is 3.00. The van der Waals surface area contributed by atoms with Crippen molar-refractivity contribution >= 4 is 5.97 Å². The number of aryl methyl sites for hydroxylation is 1. The predicted molar refractivity (Wildman–Crippen MR) is 75.6 cm³/mol. The first-order valence-electron chi connectivity index (χ1n) is 6.74. The number of nitrogens with zero attached hydrogens (tertiary/aromatic N) is 5. The van der Waals surface area contributed by atoms with Gasteiger partial charge >= 0.3 is 5.97 Å². The van der Waals surface area contributed by atoms with Gasteiger partial charge in [-0.1, -0.05) is 12.1 Å². The Morgan fingerprint density at radius 2 is 2.23 bits per heavy atom. The number of aromatic nitrogens is 5. The molecule has 0 aromatic carbocycles. The van der Waals surface area contributed by atoms with E-state index < -0.39 is 5.97 Å². The molecule has 0 atom stereocenters. The van der Waals surface area contributed by atoms with Gasteiger partial charge in [-0.25, -0.2) is 14.8 Å². The Morgan fingerprint density at radius 1 is 1.36 bits per heavy atom. The Hall–Kier alpha value is -3.03. The third-order valence-corrected chi connectivity index (χ3v) is 3.00. The van der Waals surface area contributed by atoms with E-state index in [1.54, 1.807) is 18.3 Å². The van der Waals surface area contributed by atoms with Gasteiger partial charge in [0.15, 0.2) is 11.5 Å². The molecule has 3 heterocycles. The molecule has 112 valence electrons. The fourth-order valence-corrected chi connectivity index (χ4v) is 1.92. The highest BCUT2D eigenvalue weighted by Crippen LogP contribution is 2.18. The first kappa shape index (κ1) is 13.9. The second kappa shape index (κ2) is 5.76. The maximum atomic E-state index is 10.8. The van der Waals surface area contributed by atoms with Gasteiger partial charge < -0.3 is 9.63 Å². The fraction of sp³-hybridized carbons (Fsp3) is 0.214. The van der Waals surface area contributed by atoms with Crippen LogP contribution in [0.2, 0.25) is 0 Å². The maximum absolute atomic E-state index is 10.8. The minimum Gasteiger partial charge on any atom is -0.476 e. The lowest BCUT2D eigenvalue weighted by Crippen LogP contribution is -1.97. The number of hydrogen-bond donors (Lipinski definition) is 1. The largest absolute Gasteiger partial charge is 0.476 e. The molecule has 0 amide bonds. The summed E-state index contributed by atoms with van der Waals surface area (Å²) in [7, 11) is 0. The van der Waals surface area contributed by atoms with Crippen LogP contribution in [0.5, 0.6) is 0 Å². The molecule has 22 heavy (non-hydrogen) atoms. The standard InChI is InChI=1S/C14H13N5O3/c1-2-3-11-17-13(22-18-11)9-4-5-12(15-6-9)19-7-10(14(20)21)16-8-19/h4-8H,2-3H2,1H3,(H,20,21). The van der Waals surface area contributed by atoms with Crippen LogP contribution in [0.4, 0.5) is 0 Å². The van der Waals surface area contributed by atoms with Gasteiger partial charge in [-0.3, -0.25) is 4.57 Å². The molecule has 8 heteroatoms. The van der Waals surface area contributed by atoms with Crippen LogP contribution in [-0.4, -0.2) is 35.8 Å². The molecule has 0 aliphatic heterocycles. The number of pyridine rings is 1. The first-order chi connectivity index (χ1) is 10.7. The summed E-state index contributed by atoms with van der Waals surface area (Å²) in [4.78, 5) is 23.1. The molecular weight excluding hydrogens is 286 g/mol. The molecule has 8 nitrogen and oxygen atoms in total. The molecule has 0 radical (unpaired) electrons. The lowest BCUT2D eigenvalue weighted by atomic mass is 10.3. The molecule has 1 N–H and O–H groups in total. The topological polar surface area (TPSA) is 107 Å². The highest BCUT2D eigenvalue weighted by atomic mass is 16.5. The van der Waals surface area contributed by atoms with Gasteiger partial charge in [0.05, 0.1) is 5.56 Å². The lowest BCUT2D eigenvalue weighted by Gasteiger charge is -2.00. The molecule has 0 saturated carbocycles. The van der Waals surface area contributed by atoms with Crippen molar-refractivity contribution in [2.45, 2.75) is 19.8 Å². The van der Waals surface area contributed by atoms with E-state index in [4.69, 9.17) is 9.63 Å². The molecule has 3 aromatic heterocycles. The smallest absolute Gasteiger partial charge is 0.356 e. The number of carboxylic acid groups (broad SMARTS) is 1. The summed E-state index contributed by atoms with van der Waals surface area (Å²) in [6.45, 7) is 2.04. The normalized spacial score (nSPS) is 10.8. The highest BCUT2D eigenvalue weighted by molar-refractivity contribution is 5.85. The van der Waals surface area contributed by atoms with E-state index in [-0.39, 0.29) is 5.69 Å². The second-order valence-corrected chi connectivity index (χ2v) is 4.64. The summed E-state index contributed by atoms with van der Waals surface area (Å²) >= 11 is 0. The summed E-state index contributed by atoms with van der Waals surface area (Å²) in [5.41, 5.74) is 0.671. The summed E-state index contributed by atoms with van der Waals surface area (Å²) in [5.74, 6) is 0.559. The predicted octanol–water partition coefficient (Wildman–Crippen LogP) is 1.97. The maximum Gasteiger partial charge on any atom is 0.356 e. The molecule has 0 saturated heterocycles. The van der Waals surface area contributed by atoms with E-state index in [1.165, 1.54) is 17.1 Å². The van der Waals surface area contributed by atoms with Crippen LogP contribution in [0.25, 0.3) is 17.3 Å². The molecule has 0 aliphatic rings. The molecule has 3 rings (SSSR count). The number of aromatic carboxylic acids is 1. The van der Waals surface area contributed by atoms with Gasteiger partial charge in [0.25, 0.3) is 5.89 Å². The zero-order chi connectivity index (χ0) is 15.5. The van der Waals surface area contributed by atoms with Crippen molar-refractivity contribution in [2.24, 2.45) is 0 Å². The molecule has 0 bridgehead atoms. The van der Waals surface area contributed by atoms with Crippen LogP contribution >= 0.6 is 0 Å². The van der Waals surface area contributed by atoms with Gasteiger partial charge in [-0.15, -0.1) is 0 Å². The van der Waals surface area contributed by atoms with Gasteiger partial charge in [0.2, 0.25) is 0 Å². The summed E-state index contributed by atoms with van der Waals surface area (Å²) in [5, 5.41) is 12.8. The van der Waals surface area contributed by atoms with Crippen molar-refractivity contribution in [3.8, 4) is 17.3 Å². The first-order valence-corrected chi connectivity index (χ1v) is 6.74.